The quantitative estimate of drug-likeness (QED) is 0.459. The largest absolute Gasteiger partial charge is 0.266 e. The first-order valence-corrected chi connectivity index (χ1v) is 13.3. The number of allylic oxidation sites excluding steroid dienone is 2. The van der Waals surface area contributed by atoms with Crippen molar-refractivity contribution in [2.75, 3.05) is 0 Å². The molecule has 0 aromatic heterocycles. The predicted octanol–water partition coefficient (Wildman–Crippen LogP) is 6.12. The second kappa shape index (κ2) is 6.83. The van der Waals surface area contributed by atoms with E-state index in [2.05, 4.69) is 66.8 Å². The average molecular weight is 464 g/mol. The Kier molecular flexibility index (Phi) is 4.03. The van der Waals surface area contributed by atoms with E-state index in [0.29, 0.717) is 4.90 Å². The molecular formula is C30H25NO2S. The molecule has 3 aromatic rings. The van der Waals surface area contributed by atoms with Crippen LogP contribution in [0.1, 0.15) is 29.5 Å². The zero-order valence-electron chi connectivity index (χ0n) is 19.0. The van der Waals surface area contributed by atoms with Crippen LogP contribution < -0.4 is 0 Å². The lowest BCUT2D eigenvalue weighted by molar-refractivity contribution is 0.375. The smallest absolute Gasteiger partial charge is 0.264 e. The van der Waals surface area contributed by atoms with E-state index in [4.69, 9.17) is 0 Å². The van der Waals surface area contributed by atoms with E-state index in [1.807, 2.05) is 25.3 Å². The molecular weight excluding hydrogens is 438 g/mol. The van der Waals surface area contributed by atoms with Gasteiger partial charge in [0.1, 0.15) is 0 Å². The zero-order chi connectivity index (χ0) is 23.1. The van der Waals surface area contributed by atoms with Crippen molar-refractivity contribution in [3.05, 3.63) is 125 Å². The maximum Gasteiger partial charge on any atom is 0.264 e. The molecule has 7 rings (SSSR count). The van der Waals surface area contributed by atoms with E-state index < -0.39 is 10.0 Å². The highest BCUT2D eigenvalue weighted by atomic mass is 32.2. The van der Waals surface area contributed by atoms with E-state index in [1.54, 1.807) is 16.4 Å². The van der Waals surface area contributed by atoms with Gasteiger partial charge in [-0.3, -0.25) is 4.31 Å². The molecule has 34 heavy (non-hydrogen) atoms. The van der Waals surface area contributed by atoms with Gasteiger partial charge in [-0.25, -0.2) is 8.42 Å². The summed E-state index contributed by atoms with van der Waals surface area (Å²) in [5, 5.41) is 0. The number of aryl methyl sites for hydroxylation is 1. The normalized spacial score (nSPS) is 23.3. The summed E-state index contributed by atoms with van der Waals surface area (Å²) < 4.78 is 29.1. The average Bonchev–Trinajstić information content (AvgIpc) is 3.36. The van der Waals surface area contributed by atoms with Crippen molar-refractivity contribution in [1.82, 2.24) is 4.31 Å². The summed E-state index contributed by atoms with van der Waals surface area (Å²) in [7, 11) is -3.64. The monoisotopic (exact) mass is 463 g/mol. The predicted molar refractivity (Wildman–Crippen MR) is 135 cm³/mol. The molecule has 4 aliphatic rings. The van der Waals surface area contributed by atoms with Gasteiger partial charge in [-0.15, -0.1) is 0 Å². The number of nitrogens with zero attached hydrogens (tertiary/aromatic N) is 1. The molecule has 1 aliphatic heterocycles. The number of fused-ring (bicyclic) bond motifs is 5. The third-order valence-corrected chi connectivity index (χ3v) is 9.90. The molecule has 3 nitrogen and oxygen atoms in total. The van der Waals surface area contributed by atoms with Gasteiger partial charge in [0.05, 0.1) is 10.9 Å². The van der Waals surface area contributed by atoms with Crippen LogP contribution in [0.3, 0.4) is 0 Å². The maximum absolute atomic E-state index is 13.7. The fourth-order valence-corrected chi connectivity index (χ4v) is 8.20. The number of rotatable bonds is 2. The van der Waals surface area contributed by atoms with Crippen molar-refractivity contribution in [2.24, 2.45) is 5.92 Å². The van der Waals surface area contributed by atoms with Crippen LogP contribution in [0.4, 0.5) is 0 Å². The van der Waals surface area contributed by atoms with E-state index in [-0.39, 0.29) is 17.4 Å². The molecule has 0 bridgehead atoms. The minimum absolute atomic E-state index is 0.121. The van der Waals surface area contributed by atoms with Gasteiger partial charge in [0.25, 0.3) is 10.0 Å². The molecule has 0 N–H and O–H groups in total. The van der Waals surface area contributed by atoms with Crippen molar-refractivity contribution in [3.8, 4) is 11.1 Å². The van der Waals surface area contributed by atoms with Gasteiger partial charge < -0.3 is 0 Å². The molecule has 0 unspecified atom stereocenters. The lowest BCUT2D eigenvalue weighted by atomic mass is 9.60. The molecule has 3 aromatic carbocycles. The summed E-state index contributed by atoms with van der Waals surface area (Å²) in [6.45, 7) is 1.97. The number of hydrogen-bond donors (Lipinski definition) is 0. The summed E-state index contributed by atoms with van der Waals surface area (Å²) >= 11 is 0. The number of sulfonamides is 1. The van der Waals surface area contributed by atoms with Crippen LogP contribution in [0.2, 0.25) is 0 Å². The van der Waals surface area contributed by atoms with Gasteiger partial charge in [-0.2, -0.15) is 0 Å². The van der Waals surface area contributed by atoms with Gasteiger partial charge in [0.15, 0.2) is 0 Å². The molecule has 1 fully saturated rings. The van der Waals surface area contributed by atoms with Crippen LogP contribution in [0, 0.1) is 12.8 Å². The first kappa shape index (κ1) is 20.0. The first-order valence-electron chi connectivity index (χ1n) is 11.9. The minimum Gasteiger partial charge on any atom is -0.266 e. The molecule has 1 heterocycles. The van der Waals surface area contributed by atoms with Gasteiger partial charge in [0.2, 0.25) is 0 Å². The Labute approximate surface area is 200 Å². The van der Waals surface area contributed by atoms with Gasteiger partial charge in [-0.1, -0.05) is 90.0 Å². The van der Waals surface area contributed by atoms with Crippen molar-refractivity contribution in [3.63, 3.8) is 0 Å². The Morgan fingerprint density at radius 2 is 1.44 bits per heavy atom. The molecule has 0 radical (unpaired) electrons. The van der Waals surface area contributed by atoms with Crippen molar-refractivity contribution >= 4 is 10.0 Å². The molecule has 1 spiro atoms. The van der Waals surface area contributed by atoms with Crippen LogP contribution in [-0.4, -0.2) is 18.8 Å². The van der Waals surface area contributed by atoms with Gasteiger partial charge >= 0.3 is 0 Å². The Bertz CT molecular complexity index is 1500. The number of benzene rings is 3. The highest BCUT2D eigenvalue weighted by Gasteiger charge is 2.53. The second-order valence-electron chi connectivity index (χ2n) is 9.97. The third-order valence-electron chi connectivity index (χ3n) is 8.13. The lowest BCUT2D eigenvalue weighted by Gasteiger charge is -2.43. The summed E-state index contributed by atoms with van der Waals surface area (Å²) in [5.41, 5.74) is 8.79. The Balaban J connectivity index is 1.39. The van der Waals surface area contributed by atoms with Crippen molar-refractivity contribution < 1.29 is 8.42 Å². The third kappa shape index (κ3) is 2.55. The first-order chi connectivity index (χ1) is 16.5. The van der Waals surface area contributed by atoms with Crippen LogP contribution in [0.15, 0.2) is 113 Å². The van der Waals surface area contributed by atoms with E-state index in [1.165, 1.54) is 33.4 Å². The molecule has 2 atom stereocenters. The van der Waals surface area contributed by atoms with Crippen LogP contribution in [-0.2, 0) is 15.4 Å². The fraction of sp³-hybridized carbons (Fsp3) is 0.200. The lowest BCUT2D eigenvalue weighted by Crippen LogP contribution is -2.41. The standard InChI is InChI=1S/C30H25NO2S/c1-20-13-15-23(16-14-20)34(32,33)31-19-22-18-30(17-21-7-6-12-28(31)29(21)22)26-10-4-2-8-24(26)25-9-3-5-11-27(25)30/h2-16,19,28-29H,17-18H2,1H3/t28-,29-/m0/s1. The molecule has 0 saturated heterocycles. The van der Waals surface area contributed by atoms with Crippen LogP contribution in [0.25, 0.3) is 11.1 Å². The fourth-order valence-electron chi connectivity index (χ4n) is 6.69. The van der Waals surface area contributed by atoms with E-state index >= 15 is 0 Å². The SMILES string of the molecule is Cc1ccc(S(=O)(=O)N2C=C3CC4(CC5=CC=C[C@H]2[C@@H]53)c2ccccc2-c2ccccc24)cc1. The zero-order valence-corrected chi connectivity index (χ0v) is 19.8. The highest BCUT2D eigenvalue weighted by Crippen LogP contribution is 2.61. The highest BCUT2D eigenvalue weighted by molar-refractivity contribution is 7.89. The summed E-state index contributed by atoms with van der Waals surface area (Å²) in [5.74, 6) is 0.121. The van der Waals surface area contributed by atoms with Crippen molar-refractivity contribution in [2.45, 2.75) is 36.1 Å². The van der Waals surface area contributed by atoms with Crippen molar-refractivity contribution in [1.29, 1.82) is 0 Å². The number of hydrogen-bond acceptors (Lipinski definition) is 2. The topological polar surface area (TPSA) is 37.4 Å². The molecule has 1 saturated carbocycles. The second-order valence-corrected chi connectivity index (χ2v) is 11.8. The Morgan fingerprint density at radius 1 is 0.824 bits per heavy atom. The summed E-state index contributed by atoms with van der Waals surface area (Å²) in [4.78, 5) is 0.351. The minimum atomic E-state index is -3.64. The molecule has 0 amide bonds. The van der Waals surface area contributed by atoms with Gasteiger partial charge in [-0.05, 0) is 59.7 Å². The van der Waals surface area contributed by atoms with Crippen LogP contribution in [0.5, 0.6) is 0 Å². The Hall–Kier alpha value is -3.37. The summed E-state index contributed by atoms with van der Waals surface area (Å²) in [6.07, 6.45) is 10.0. The van der Waals surface area contributed by atoms with E-state index in [9.17, 15) is 8.42 Å². The van der Waals surface area contributed by atoms with Crippen LogP contribution >= 0.6 is 0 Å². The van der Waals surface area contributed by atoms with Gasteiger partial charge in [0, 0.05) is 17.5 Å². The molecule has 4 heteroatoms. The molecule has 3 aliphatic carbocycles. The van der Waals surface area contributed by atoms with E-state index in [0.717, 1.165) is 18.4 Å². The Morgan fingerprint density at radius 3 is 2.12 bits per heavy atom. The maximum atomic E-state index is 13.7. The molecule has 168 valence electrons. The summed E-state index contributed by atoms with van der Waals surface area (Å²) in [6, 6.07) is 24.5.